The molecule has 1 aliphatic heterocycles. The van der Waals surface area contributed by atoms with Crippen molar-refractivity contribution in [3.05, 3.63) is 98.1 Å². The number of rotatable bonds is 5. The lowest BCUT2D eigenvalue weighted by molar-refractivity contribution is -0.385. The fourth-order valence-electron chi connectivity index (χ4n) is 4.07. The molecule has 0 saturated carbocycles. The minimum Gasteiger partial charge on any atom is -0.482 e. The maximum atomic E-state index is 13.0. The van der Waals surface area contributed by atoms with Crippen molar-refractivity contribution in [3.63, 3.8) is 0 Å². The zero-order chi connectivity index (χ0) is 25.6. The Balaban J connectivity index is 1.42. The van der Waals surface area contributed by atoms with Crippen LogP contribution in [-0.4, -0.2) is 47.4 Å². The van der Waals surface area contributed by atoms with Crippen molar-refractivity contribution in [2.24, 2.45) is 0 Å². The van der Waals surface area contributed by atoms with Crippen LogP contribution in [0, 0.1) is 10.1 Å². The average Bonchev–Trinajstić information content (AvgIpc) is 2.88. The van der Waals surface area contributed by atoms with E-state index in [1.165, 1.54) is 36.4 Å². The third-order valence-corrected chi connectivity index (χ3v) is 5.74. The van der Waals surface area contributed by atoms with Gasteiger partial charge in [-0.25, -0.2) is 4.79 Å². The van der Waals surface area contributed by atoms with Gasteiger partial charge in [-0.3, -0.25) is 29.3 Å². The number of hydrogen-bond acceptors (Lipinski definition) is 9. The average molecular weight is 486 g/mol. The number of carbonyl (C=O) groups excluding carboxylic acids is 5. The van der Waals surface area contributed by atoms with Crippen LogP contribution in [0.25, 0.3) is 0 Å². The maximum Gasteiger partial charge on any atom is 0.345 e. The number of nitrogens with one attached hydrogen (secondary N) is 1. The highest BCUT2D eigenvalue weighted by Gasteiger charge is 2.39. The lowest BCUT2D eigenvalue weighted by Gasteiger charge is -2.18. The first kappa shape index (κ1) is 22.6. The van der Waals surface area contributed by atoms with E-state index in [0.717, 1.165) is 12.1 Å². The molecule has 3 aromatic rings. The maximum absolute atomic E-state index is 13.0. The molecular weight excluding hydrogens is 472 g/mol. The smallest absolute Gasteiger partial charge is 0.345 e. The molecule has 178 valence electrons. The van der Waals surface area contributed by atoms with Crippen molar-refractivity contribution in [3.8, 4) is 5.75 Å². The molecule has 1 aliphatic carbocycles. The zero-order valence-electron chi connectivity index (χ0n) is 18.2. The van der Waals surface area contributed by atoms with Gasteiger partial charge in [0.25, 0.3) is 11.6 Å². The van der Waals surface area contributed by atoms with Crippen molar-refractivity contribution < 1.29 is 38.4 Å². The molecule has 2 aliphatic rings. The molecule has 0 bridgehead atoms. The number of nitro benzene ring substituents is 1. The lowest BCUT2D eigenvalue weighted by atomic mass is 9.82. The quantitative estimate of drug-likeness (QED) is 0.194. The Morgan fingerprint density at radius 3 is 2.42 bits per heavy atom. The van der Waals surface area contributed by atoms with E-state index in [2.05, 4.69) is 5.32 Å². The van der Waals surface area contributed by atoms with Crippen LogP contribution in [0.15, 0.2) is 54.6 Å². The summed E-state index contributed by atoms with van der Waals surface area (Å²) in [6.45, 7) is -0.923. The van der Waals surface area contributed by atoms with Crippen molar-refractivity contribution >= 4 is 40.6 Å². The van der Waals surface area contributed by atoms with E-state index in [9.17, 15) is 34.1 Å². The topological polar surface area (TPSA) is 159 Å². The number of esters is 1. The zero-order valence-corrected chi connectivity index (χ0v) is 18.2. The molecule has 36 heavy (non-hydrogen) atoms. The second-order valence-electron chi connectivity index (χ2n) is 7.89. The molecule has 1 amide bonds. The Kier molecular flexibility index (Phi) is 5.36. The van der Waals surface area contributed by atoms with E-state index in [1.54, 1.807) is 6.07 Å². The van der Waals surface area contributed by atoms with E-state index in [0.29, 0.717) is 5.75 Å². The standard InChI is InChI=1S/C25H14N2O9/c28-18(12-5-8-19-17(9-12)26-20(29)11-35-19)10-36-25(32)16-7-6-15-21(22(16)27(33)34)24(31)14-4-2-1-3-13(14)23(15)30/h1-9H,10-11H2,(H,26,29). The summed E-state index contributed by atoms with van der Waals surface area (Å²) < 4.78 is 10.2. The number of benzene rings is 3. The van der Waals surface area contributed by atoms with Gasteiger partial charge in [0.2, 0.25) is 5.78 Å². The molecule has 0 spiro atoms. The molecule has 0 saturated heterocycles. The highest BCUT2D eigenvalue weighted by Crippen LogP contribution is 2.36. The fraction of sp³-hybridized carbons (Fsp3) is 0.0800. The highest BCUT2D eigenvalue weighted by atomic mass is 16.6. The molecule has 5 rings (SSSR count). The Hall–Kier alpha value is -5.19. The number of nitro groups is 1. The summed E-state index contributed by atoms with van der Waals surface area (Å²) in [7, 11) is 0. The molecular formula is C25H14N2O9. The minimum absolute atomic E-state index is 0.0118. The molecule has 0 aromatic heterocycles. The normalized spacial score (nSPS) is 13.5. The first-order valence-electron chi connectivity index (χ1n) is 10.5. The summed E-state index contributed by atoms with van der Waals surface area (Å²) in [4.78, 5) is 73.7. The Morgan fingerprint density at radius 1 is 0.972 bits per heavy atom. The summed E-state index contributed by atoms with van der Waals surface area (Å²) in [5.74, 6) is -3.24. The number of ketones is 3. The Morgan fingerprint density at radius 2 is 1.69 bits per heavy atom. The Bertz CT molecular complexity index is 1540. The van der Waals surface area contributed by atoms with Crippen molar-refractivity contribution in [1.82, 2.24) is 0 Å². The number of hydrogen-bond donors (Lipinski definition) is 1. The summed E-state index contributed by atoms with van der Waals surface area (Å²) in [5.41, 5.74) is -1.67. The van der Waals surface area contributed by atoms with Crippen molar-refractivity contribution in [2.75, 3.05) is 18.5 Å². The van der Waals surface area contributed by atoms with Gasteiger partial charge >= 0.3 is 5.97 Å². The summed E-state index contributed by atoms with van der Waals surface area (Å²) in [5, 5.41) is 14.5. The molecule has 11 nitrogen and oxygen atoms in total. The van der Waals surface area contributed by atoms with Gasteiger partial charge in [-0.15, -0.1) is 0 Å². The van der Waals surface area contributed by atoms with Gasteiger partial charge < -0.3 is 14.8 Å². The number of amides is 1. The van der Waals surface area contributed by atoms with Crippen LogP contribution < -0.4 is 10.1 Å². The molecule has 11 heteroatoms. The van der Waals surface area contributed by atoms with E-state index in [1.807, 2.05) is 0 Å². The molecule has 0 atom stereocenters. The van der Waals surface area contributed by atoms with E-state index in [-0.39, 0.29) is 34.5 Å². The van der Waals surface area contributed by atoms with Gasteiger partial charge in [-0.2, -0.15) is 0 Å². The summed E-state index contributed by atoms with van der Waals surface area (Å²) in [6, 6.07) is 12.3. The van der Waals surface area contributed by atoms with Gasteiger partial charge in [0.05, 0.1) is 10.6 Å². The SMILES string of the molecule is O=C1COc2ccc(C(=O)COC(=O)c3ccc4c(c3[N+](=O)[O-])C(=O)c3ccccc3C4=O)cc2N1. The third-order valence-electron chi connectivity index (χ3n) is 5.74. The second kappa shape index (κ2) is 8.55. The van der Waals surface area contributed by atoms with Gasteiger partial charge in [-0.1, -0.05) is 24.3 Å². The number of nitrogens with zero attached hydrogens (tertiary/aromatic N) is 1. The highest BCUT2D eigenvalue weighted by molar-refractivity contribution is 6.30. The Labute approximate surface area is 201 Å². The minimum atomic E-state index is -1.22. The molecule has 0 radical (unpaired) electrons. The van der Waals surface area contributed by atoms with E-state index in [4.69, 9.17) is 9.47 Å². The van der Waals surface area contributed by atoms with E-state index < -0.39 is 57.6 Å². The van der Waals surface area contributed by atoms with Crippen LogP contribution in [0.1, 0.15) is 52.6 Å². The van der Waals surface area contributed by atoms with Gasteiger partial charge in [0, 0.05) is 22.3 Å². The van der Waals surface area contributed by atoms with Crippen LogP contribution in [0.3, 0.4) is 0 Å². The fourth-order valence-corrected chi connectivity index (χ4v) is 4.07. The molecule has 0 unspecified atom stereocenters. The summed E-state index contributed by atoms with van der Waals surface area (Å²) in [6.07, 6.45) is 0. The van der Waals surface area contributed by atoms with Crippen LogP contribution >= 0.6 is 0 Å². The number of ether oxygens (including phenoxy) is 2. The number of anilines is 1. The van der Waals surface area contributed by atoms with Gasteiger partial charge in [0.15, 0.2) is 24.8 Å². The molecule has 1 N–H and O–H groups in total. The number of Topliss-reactive ketones (excluding diaryl/α,β-unsaturated/α-hetero) is 1. The number of fused-ring (bicyclic) bond motifs is 3. The molecule has 3 aromatic carbocycles. The number of carbonyl (C=O) groups is 5. The van der Waals surface area contributed by atoms with E-state index >= 15 is 0 Å². The van der Waals surface area contributed by atoms with Crippen LogP contribution in [0.2, 0.25) is 0 Å². The van der Waals surface area contributed by atoms with Gasteiger partial charge in [-0.05, 0) is 30.3 Å². The van der Waals surface area contributed by atoms with Crippen LogP contribution in [0.4, 0.5) is 11.4 Å². The summed E-state index contributed by atoms with van der Waals surface area (Å²) >= 11 is 0. The third kappa shape index (κ3) is 3.68. The van der Waals surface area contributed by atoms with Crippen LogP contribution in [-0.2, 0) is 9.53 Å². The molecule has 0 fully saturated rings. The van der Waals surface area contributed by atoms with Crippen LogP contribution in [0.5, 0.6) is 5.75 Å². The second-order valence-corrected chi connectivity index (χ2v) is 7.89. The van der Waals surface area contributed by atoms with Crippen molar-refractivity contribution in [1.29, 1.82) is 0 Å². The predicted octanol–water partition coefficient (Wildman–Crippen LogP) is 2.74. The lowest BCUT2D eigenvalue weighted by Crippen LogP contribution is -2.26. The first-order valence-corrected chi connectivity index (χ1v) is 10.5. The molecule has 1 heterocycles. The van der Waals surface area contributed by atoms with Crippen molar-refractivity contribution in [2.45, 2.75) is 0 Å². The monoisotopic (exact) mass is 486 g/mol. The largest absolute Gasteiger partial charge is 0.482 e. The predicted molar refractivity (Wildman–Crippen MR) is 122 cm³/mol. The van der Waals surface area contributed by atoms with Gasteiger partial charge in [0.1, 0.15) is 16.9 Å². The first-order chi connectivity index (χ1) is 17.3.